The summed E-state index contributed by atoms with van der Waals surface area (Å²) < 4.78 is 5.30. The summed E-state index contributed by atoms with van der Waals surface area (Å²) in [7, 11) is 0. The van der Waals surface area contributed by atoms with Gasteiger partial charge in [0.15, 0.2) is 5.76 Å². The molecule has 17 heavy (non-hydrogen) atoms. The lowest BCUT2D eigenvalue weighted by Crippen LogP contribution is -2.34. The van der Waals surface area contributed by atoms with E-state index in [0.29, 0.717) is 18.8 Å². The summed E-state index contributed by atoms with van der Waals surface area (Å²) in [5.74, 6) is 0.690. The standard InChI is InChI=1S/C12H20N2O3/c1-2-3-6-14(7-8-15)12(16)11-5-4-10(9-13)17-11/h4-5,15H,2-3,6-9,13H2,1H3. The van der Waals surface area contributed by atoms with Gasteiger partial charge in [-0.25, -0.2) is 0 Å². The molecule has 0 atom stereocenters. The number of nitrogens with zero attached hydrogens (tertiary/aromatic N) is 1. The van der Waals surface area contributed by atoms with Crippen LogP contribution in [0.25, 0.3) is 0 Å². The van der Waals surface area contributed by atoms with Crippen LogP contribution in [0, 0.1) is 0 Å². The highest BCUT2D eigenvalue weighted by molar-refractivity contribution is 5.91. The van der Waals surface area contributed by atoms with Crippen molar-refractivity contribution in [3.63, 3.8) is 0 Å². The first-order chi connectivity index (χ1) is 8.22. The molecule has 3 N–H and O–H groups in total. The van der Waals surface area contributed by atoms with E-state index in [1.165, 1.54) is 0 Å². The first kappa shape index (κ1) is 13.7. The van der Waals surface area contributed by atoms with E-state index in [1.807, 2.05) is 0 Å². The Kier molecular flexibility index (Phi) is 5.72. The van der Waals surface area contributed by atoms with E-state index in [4.69, 9.17) is 15.3 Å². The number of nitrogens with two attached hydrogens (primary N) is 1. The molecule has 0 aliphatic carbocycles. The van der Waals surface area contributed by atoms with E-state index in [9.17, 15) is 4.79 Å². The predicted molar refractivity (Wildman–Crippen MR) is 64.5 cm³/mol. The molecule has 1 amide bonds. The fourth-order valence-electron chi connectivity index (χ4n) is 1.54. The van der Waals surface area contributed by atoms with E-state index >= 15 is 0 Å². The Morgan fingerprint density at radius 3 is 2.76 bits per heavy atom. The molecule has 0 aromatic carbocycles. The molecule has 0 radical (unpaired) electrons. The first-order valence-corrected chi connectivity index (χ1v) is 5.91. The third kappa shape index (κ3) is 3.87. The number of carbonyl (C=O) groups is 1. The lowest BCUT2D eigenvalue weighted by Gasteiger charge is -2.20. The second-order valence-electron chi connectivity index (χ2n) is 3.84. The van der Waals surface area contributed by atoms with Gasteiger partial charge in [-0.1, -0.05) is 13.3 Å². The molecule has 1 rings (SSSR count). The minimum absolute atomic E-state index is 0.0418. The van der Waals surface area contributed by atoms with Crippen molar-refractivity contribution in [1.82, 2.24) is 4.90 Å². The molecule has 0 bridgehead atoms. The predicted octanol–water partition coefficient (Wildman–Crippen LogP) is 0.973. The number of aliphatic hydroxyl groups is 1. The fraction of sp³-hybridized carbons (Fsp3) is 0.583. The van der Waals surface area contributed by atoms with Crippen molar-refractivity contribution in [3.05, 3.63) is 23.7 Å². The maximum absolute atomic E-state index is 12.1. The number of amides is 1. The number of carbonyl (C=O) groups excluding carboxylic acids is 1. The zero-order valence-corrected chi connectivity index (χ0v) is 10.2. The molecule has 5 nitrogen and oxygen atoms in total. The van der Waals surface area contributed by atoms with Gasteiger partial charge in [0, 0.05) is 13.1 Å². The highest BCUT2D eigenvalue weighted by Crippen LogP contribution is 2.11. The Bertz CT molecular complexity index is 349. The van der Waals surface area contributed by atoms with Gasteiger partial charge in [0.1, 0.15) is 5.76 Å². The number of rotatable bonds is 7. The van der Waals surface area contributed by atoms with Gasteiger partial charge in [-0.15, -0.1) is 0 Å². The molecular formula is C12H20N2O3. The summed E-state index contributed by atoms with van der Waals surface area (Å²) in [6, 6.07) is 3.32. The number of aliphatic hydroxyl groups excluding tert-OH is 1. The van der Waals surface area contributed by atoms with Crippen LogP contribution in [0.4, 0.5) is 0 Å². The van der Waals surface area contributed by atoms with Gasteiger partial charge in [0.2, 0.25) is 0 Å². The largest absolute Gasteiger partial charge is 0.455 e. The van der Waals surface area contributed by atoms with Crippen LogP contribution in [0.1, 0.15) is 36.1 Å². The molecular weight excluding hydrogens is 220 g/mol. The minimum atomic E-state index is -0.188. The van der Waals surface area contributed by atoms with Gasteiger partial charge < -0.3 is 20.2 Å². The molecule has 0 aliphatic heterocycles. The Labute approximate surface area is 101 Å². The summed E-state index contributed by atoms with van der Waals surface area (Å²) in [6.45, 7) is 3.26. The molecule has 0 saturated heterocycles. The van der Waals surface area contributed by atoms with Crippen LogP contribution in [0.5, 0.6) is 0 Å². The van der Waals surface area contributed by atoms with Crippen LogP contribution in [0.3, 0.4) is 0 Å². The molecule has 0 aliphatic rings. The third-order valence-corrected chi connectivity index (χ3v) is 2.51. The van der Waals surface area contributed by atoms with E-state index in [2.05, 4.69) is 6.92 Å². The molecule has 1 aromatic heterocycles. The van der Waals surface area contributed by atoms with Crippen molar-refractivity contribution >= 4 is 5.91 Å². The molecule has 1 aromatic rings. The van der Waals surface area contributed by atoms with E-state index < -0.39 is 0 Å². The van der Waals surface area contributed by atoms with Gasteiger partial charge in [-0.3, -0.25) is 4.79 Å². The second kappa shape index (κ2) is 7.09. The van der Waals surface area contributed by atoms with Crippen molar-refractivity contribution < 1.29 is 14.3 Å². The van der Waals surface area contributed by atoms with Crippen molar-refractivity contribution in [2.45, 2.75) is 26.3 Å². The van der Waals surface area contributed by atoms with Crippen LogP contribution >= 0.6 is 0 Å². The quantitative estimate of drug-likeness (QED) is 0.744. The molecule has 5 heteroatoms. The fourth-order valence-corrected chi connectivity index (χ4v) is 1.54. The smallest absolute Gasteiger partial charge is 0.289 e. The van der Waals surface area contributed by atoms with Crippen molar-refractivity contribution in [2.75, 3.05) is 19.7 Å². The average Bonchev–Trinajstić information content (AvgIpc) is 2.82. The summed E-state index contributed by atoms with van der Waals surface area (Å²) in [5, 5.41) is 8.94. The maximum Gasteiger partial charge on any atom is 0.289 e. The highest BCUT2D eigenvalue weighted by atomic mass is 16.4. The lowest BCUT2D eigenvalue weighted by atomic mass is 10.3. The molecule has 0 saturated carbocycles. The summed E-state index contributed by atoms with van der Waals surface area (Å²) in [5.41, 5.74) is 5.42. The van der Waals surface area contributed by atoms with Gasteiger partial charge in [0.25, 0.3) is 5.91 Å². The van der Waals surface area contributed by atoms with E-state index in [1.54, 1.807) is 17.0 Å². The van der Waals surface area contributed by atoms with Gasteiger partial charge in [0.05, 0.1) is 13.2 Å². The Morgan fingerprint density at radius 2 is 2.24 bits per heavy atom. The maximum atomic E-state index is 12.1. The molecule has 0 spiro atoms. The summed E-state index contributed by atoms with van der Waals surface area (Å²) in [4.78, 5) is 13.6. The molecule has 0 unspecified atom stereocenters. The topological polar surface area (TPSA) is 79.7 Å². The summed E-state index contributed by atoms with van der Waals surface area (Å²) >= 11 is 0. The van der Waals surface area contributed by atoms with Gasteiger partial charge in [-0.2, -0.15) is 0 Å². The van der Waals surface area contributed by atoms with Crippen LogP contribution in [-0.2, 0) is 6.54 Å². The van der Waals surface area contributed by atoms with E-state index in [-0.39, 0.29) is 24.8 Å². The van der Waals surface area contributed by atoms with Crippen LogP contribution in [0.15, 0.2) is 16.5 Å². The van der Waals surface area contributed by atoms with Crippen molar-refractivity contribution in [3.8, 4) is 0 Å². The van der Waals surface area contributed by atoms with Crippen LogP contribution in [0.2, 0.25) is 0 Å². The Hall–Kier alpha value is -1.33. The van der Waals surface area contributed by atoms with E-state index in [0.717, 1.165) is 12.8 Å². The van der Waals surface area contributed by atoms with Gasteiger partial charge in [-0.05, 0) is 18.6 Å². The third-order valence-electron chi connectivity index (χ3n) is 2.51. The van der Waals surface area contributed by atoms with Crippen molar-refractivity contribution in [1.29, 1.82) is 0 Å². The molecule has 1 heterocycles. The minimum Gasteiger partial charge on any atom is -0.455 e. The average molecular weight is 240 g/mol. The normalized spacial score (nSPS) is 10.5. The zero-order valence-electron chi connectivity index (χ0n) is 10.2. The number of hydrogen-bond acceptors (Lipinski definition) is 4. The first-order valence-electron chi connectivity index (χ1n) is 5.91. The zero-order chi connectivity index (χ0) is 12.7. The molecule has 0 fully saturated rings. The number of unbranched alkanes of at least 4 members (excludes halogenated alkanes) is 1. The SMILES string of the molecule is CCCCN(CCO)C(=O)c1ccc(CN)o1. The Morgan fingerprint density at radius 1 is 1.47 bits per heavy atom. The van der Waals surface area contributed by atoms with Gasteiger partial charge >= 0.3 is 0 Å². The van der Waals surface area contributed by atoms with Crippen LogP contribution < -0.4 is 5.73 Å². The summed E-state index contributed by atoms with van der Waals surface area (Å²) in [6.07, 6.45) is 1.91. The number of hydrogen-bond donors (Lipinski definition) is 2. The Balaban J connectivity index is 2.68. The highest BCUT2D eigenvalue weighted by Gasteiger charge is 2.18. The van der Waals surface area contributed by atoms with Crippen molar-refractivity contribution in [2.24, 2.45) is 5.73 Å². The number of furan rings is 1. The lowest BCUT2D eigenvalue weighted by molar-refractivity contribution is 0.0686. The monoisotopic (exact) mass is 240 g/mol. The molecule has 96 valence electrons. The second-order valence-corrected chi connectivity index (χ2v) is 3.84. The van der Waals surface area contributed by atoms with Crippen LogP contribution in [-0.4, -0.2) is 35.6 Å².